The fourth-order valence-electron chi connectivity index (χ4n) is 3.03. The highest BCUT2D eigenvalue weighted by Crippen LogP contribution is 2.43. The monoisotopic (exact) mass is 200 g/mol. The molecule has 1 heteroatoms. The van der Waals surface area contributed by atoms with Crippen molar-refractivity contribution in [3.8, 4) is 0 Å². The van der Waals surface area contributed by atoms with E-state index in [0.717, 1.165) is 24.8 Å². The summed E-state index contributed by atoms with van der Waals surface area (Å²) >= 11 is 0. The third-order valence-electron chi connectivity index (χ3n) is 3.88. The first-order valence-electron chi connectivity index (χ1n) is 5.77. The van der Waals surface area contributed by atoms with E-state index in [1.807, 2.05) is 6.07 Å². The van der Waals surface area contributed by atoms with Gasteiger partial charge in [-0.3, -0.25) is 0 Å². The number of aliphatic hydroxyl groups is 1. The molecule has 1 aromatic rings. The molecule has 1 N–H and O–H groups in total. The lowest BCUT2D eigenvalue weighted by atomic mass is 9.69. The fourth-order valence-corrected chi connectivity index (χ4v) is 3.03. The van der Waals surface area contributed by atoms with Crippen LogP contribution in [-0.2, 0) is 6.42 Å². The zero-order valence-electron chi connectivity index (χ0n) is 8.76. The molecule has 1 aromatic carbocycles. The Balaban J connectivity index is 2.01. The van der Waals surface area contributed by atoms with Gasteiger partial charge in [0.05, 0.1) is 6.10 Å². The van der Waals surface area contributed by atoms with Crippen molar-refractivity contribution in [2.24, 2.45) is 11.8 Å². The predicted molar refractivity (Wildman–Crippen MR) is 60.5 cm³/mol. The van der Waals surface area contributed by atoms with Crippen molar-refractivity contribution in [2.75, 3.05) is 0 Å². The molecule has 3 rings (SSSR count). The Kier molecular flexibility index (Phi) is 2.14. The van der Waals surface area contributed by atoms with Gasteiger partial charge in [0.15, 0.2) is 0 Å². The number of hydrogen-bond acceptors (Lipinski definition) is 1. The molecule has 0 unspecified atom stereocenters. The summed E-state index contributed by atoms with van der Waals surface area (Å²) in [7, 11) is 0. The molecule has 0 spiro atoms. The van der Waals surface area contributed by atoms with Gasteiger partial charge in [-0.1, -0.05) is 36.4 Å². The van der Waals surface area contributed by atoms with E-state index in [1.165, 1.54) is 5.56 Å². The summed E-state index contributed by atoms with van der Waals surface area (Å²) in [6, 6.07) is 8.34. The zero-order valence-corrected chi connectivity index (χ0v) is 8.76. The molecule has 0 saturated carbocycles. The second-order valence-corrected chi connectivity index (χ2v) is 4.71. The molecule has 78 valence electrons. The predicted octanol–water partition coefficient (Wildman–Crippen LogP) is 2.86. The maximum Gasteiger partial charge on any atom is 0.0826 e. The average molecular weight is 200 g/mol. The van der Waals surface area contributed by atoms with Gasteiger partial charge in [0.1, 0.15) is 0 Å². The van der Waals surface area contributed by atoms with Crippen molar-refractivity contribution in [3.63, 3.8) is 0 Å². The van der Waals surface area contributed by atoms with Gasteiger partial charge in [0, 0.05) is 0 Å². The highest BCUT2D eigenvalue weighted by molar-refractivity contribution is 5.33. The van der Waals surface area contributed by atoms with Crippen LogP contribution in [0.15, 0.2) is 36.4 Å². The first-order valence-corrected chi connectivity index (χ1v) is 5.77. The van der Waals surface area contributed by atoms with Crippen LogP contribution in [-0.4, -0.2) is 5.11 Å². The molecule has 0 amide bonds. The van der Waals surface area contributed by atoms with E-state index in [2.05, 4.69) is 30.4 Å². The van der Waals surface area contributed by atoms with Crippen LogP contribution in [0.5, 0.6) is 0 Å². The Morgan fingerprint density at radius 3 is 2.80 bits per heavy atom. The van der Waals surface area contributed by atoms with Crippen LogP contribution in [0.4, 0.5) is 0 Å². The normalized spacial score (nSPS) is 33.3. The van der Waals surface area contributed by atoms with Gasteiger partial charge in [0.25, 0.3) is 0 Å². The molecule has 15 heavy (non-hydrogen) atoms. The van der Waals surface area contributed by atoms with Crippen molar-refractivity contribution in [2.45, 2.75) is 25.4 Å². The van der Waals surface area contributed by atoms with Gasteiger partial charge >= 0.3 is 0 Å². The van der Waals surface area contributed by atoms with Crippen molar-refractivity contribution in [3.05, 3.63) is 47.5 Å². The van der Waals surface area contributed by atoms with Crippen LogP contribution in [0.25, 0.3) is 0 Å². The maximum atomic E-state index is 10.3. The standard InChI is InChI=1S/C14H16O/c15-14-12-7-3-1-5-10(12)9-11-6-2-4-8-13(11)14/h1-5,7,11,13-15H,6,8-9H2/t11-,13-,14+/m1/s1. The van der Waals surface area contributed by atoms with E-state index in [1.54, 1.807) is 0 Å². The minimum Gasteiger partial charge on any atom is -0.388 e. The van der Waals surface area contributed by atoms with Crippen LogP contribution in [0.3, 0.4) is 0 Å². The third-order valence-corrected chi connectivity index (χ3v) is 3.88. The number of aliphatic hydroxyl groups excluding tert-OH is 1. The quantitative estimate of drug-likeness (QED) is 0.638. The summed E-state index contributed by atoms with van der Waals surface area (Å²) in [5.74, 6) is 1.10. The maximum absolute atomic E-state index is 10.3. The minimum atomic E-state index is -0.245. The van der Waals surface area contributed by atoms with E-state index in [4.69, 9.17) is 0 Å². The lowest BCUT2D eigenvalue weighted by Crippen LogP contribution is -2.30. The van der Waals surface area contributed by atoms with Gasteiger partial charge < -0.3 is 5.11 Å². The molecule has 2 aliphatic rings. The number of benzene rings is 1. The molecule has 1 nitrogen and oxygen atoms in total. The smallest absolute Gasteiger partial charge is 0.0826 e. The van der Waals surface area contributed by atoms with Gasteiger partial charge in [-0.15, -0.1) is 0 Å². The van der Waals surface area contributed by atoms with Gasteiger partial charge in [0.2, 0.25) is 0 Å². The Hall–Kier alpha value is -1.08. The Labute approximate surface area is 90.4 Å². The number of fused-ring (bicyclic) bond motifs is 2. The summed E-state index contributed by atoms with van der Waals surface area (Å²) in [6.07, 6.45) is 7.56. The highest BCUT2D eigenvalue weighted by atomic mass is 16.3. The van der Waals surface area contributed by atoms with Gasteiger partial charge in [-0.05, 0) is 42.2 Å². The van der Waals surface area contributed by atoms with Crippen LogP contribution < -0.4 is 0 Å². The molecule has 3 atom stereocenters. The van der Waals surface area contributed by atoms with E-state index in [-0.39, 0.29) is 6.10 Å². The Bertz CT molecular complexity index is 394. The number of allylic oxidation sites excluding steroid dienone is 2. The van der Waals surface area contributed by atoms with E-state index < -0.39 is 0 Å². The summed E-state index contributed by atoms with van der Waals surface area (Å²) in [4.78, 5) is 0. The molecular weight excluding hydrogens is 184 g/mol. The lowest BCUT2D eigenvalue weighted by molar-refractivity contribution is 0.0580. The van der Waals surface area contributed by atoms with Gasteiger partial charge in [-0.25, -0.2) is 0 Å². The molecule has 0 radical (unpaired) electrons. The summed E-state index contributed by atoms with van der Waals surface area (Å²) < 4.78 is 0. The molecule has 0 fully saturated rings. The summed E-state index contributed by atoms with van der Waals surface area (Å²) in [5.41, 5.74) is 2.51. The van der Waals surface area contributed by atoms with Crippen molar-refractivity contribution in [1.82, 2.24) is 0 Å². The largest absolute Gasteiger partial charge is 0.388 e. The lowest BCUT2D eigenvalue weighted by Gasteiger charge is -2.38. The molecule has 0 aliphatic heterocycles. The second kappa shape index (κ2) is 3.49. The SMILES string of the molecule is O[C@H]1c2ccccc2C[C@H]2CC=CC[C@H]21. The van der Waals surface area contributed by atoms with Crippen LogP contribution in [0, 0.1) is 11.8 Å². The Morgan fingerprint density at radius 2 is 1.87 bits per heavy atom. The number of rotatable bonds is 0. The molecule has 0 bridgehead atoms. The van der Waals surface area contributed by atoms with E-state index >= 15 is 0 Å². The highest BCUT2D eigenvalue weighted by Gasteiger charge is 2.35. The fraction of sp³-hybridized carbons (Fsp3) is 0.429. The zero-order chi connectivity index (χ0) is 10.3. The van der Waals surface area contributed by atoms with Crippen molar-refractivity contribution in [1.29, 1.82) is 0 Å². The molecule has 0 saturated heterocycles. The molecular formula is C14H16O. The van der Waals surface area contributed by atoms with Gasteiger partial charge in [-0.2, -0.15) is 0 Å². The molecule has 0 heterocycles. The number of hydrogen-bond donors (Lipinski definition) is 1. The minimum absolute atomic E-state index is 0.245. The van der Waals surface area contributed by atoms with Crippen molar-refractivity contribution >= 4 is 0 Å². The first-order chi connectivity index (χ1) is 7.36. The van der Waals surface area contributed by atoms with Crippen LogP contribution in [0.2, 0.25) is 0 Å². The average Bonchev–Trinajstić information content (AvgIpc) is 2.30. The summed E-state index contributed by atoms with van der Waals surface area (Å²) in [5, 5.41) is 10.3. The topological polar surface area (TPSA) is 20.2 Å². The second-order valence-electron chi connectivity index (χ2n) is 4.71. The Morgan fingerprint density at radius 1 is 1.07 bits per heavy atom. The van der Waals surface area contributed by atoms with Crippen molar-refractivity contribution < 1.29 is 5.11 Å². The van der Waals surface area contributed by atoms with Crippen LogP contribution in [0.1, 0.15) is 30.1 Å². The molecule has 0 aromatic heterocycles. The van der Waals surface area contributed by atoms with E-state index in [0.29, 0.717) is 11.8 Å². The van der Waals surface area contributed by atoms with Crippen LogP contribution >= 0.6 is 0 Å². The molecule has 2 aliphatic carbocycles. The summed E-state index contributed by atoms with van der Waals surface area (Å²) in [6.45, 7) is 0. The third kappa shape index (κ3) is 1.42. The first kappa shape index (κ1) is 9.17. The van der Waals surface area contributed by atoms with E-state index in [9.17, 15) is 5.11 Å².